The molecule has 2 heteroatoms. The molecule has 1 aliphatic carbocycles. The molecular formula is C13H22O2. The van der Waals surface area contributed by atoms with Crippen LogP contribution in [0, 0.1) is 5.41 Å². The first-order chi connectivity index (χ1) is 7.03. The van der Waals surface area contributed by atoms with E-state index in [0.717, 1.165) is 32.5 Å². The highest BCUT2D eigenvalue weighted by molar-refractivity contribution is 5.91. The first kappa shape index (κ1) is 12.4. The molecule has 0 unspecified atom stereocenters. The molecule has 0 amide bonds. The van der Waals surface area contributed by atoms with Crippen molar-refractivity contribution < 1.29 is 9.53 Å². The van der Waals surface area contributed by atoms with Crippen molar-refractivity contribution in [2.75, 3.05) is 13.2 Å². The standard InChI is InChI=1S/C13H22O2/c1-4-15-7-5-6-11-8-12(14)10-13(2,3)9-11/h8H,4-7,9-10H2,1-3H3. The fourth-order valence-electron chi connectivity index (χ4n) is 2.18. The number of allylic oxidation sites excluding steroid dienone is 2. The lowest BCUT2D eigenvalue weighted by Crippen LogP contribution is -2.21. The summed E-state index contributed by atoms with van der Waals surface area (Å²) < 4.78 is 5.29. The van der Waals surface area contributed by atoms with E-state index in [2.05, 4.69) is 13.8 Å². The third-order valence-corrected chi connectivity index (χ3v) is 2.71. The lowest BCUT2D eigenvalue weighted by molar-refractivity contribution is -0.117. The van der Waals surface area contributed by atoms with Crippen LogP contribution >= 0.6 is 0 Å². The maximum absolute atomic E-state index is 11.5. The third-order valence-electron chi connectivity index (χ3n) is 2.71. The zero-order chi connectivity index (χ0) is 11.3. The van der Waals surface area contributed by atoms with Gasteiger partial charge >= 0.3 is 0 Å². The second-order valence-electron chi connectivity index (χ2n) is 5.09. The highest BCUT2D eigenvalue weighted by Crippen LogP contribution is 2.35. The molecule has 0 aromatic carbocycles. The Balaban J connectivity index is 2.37. The van der Waals surface area contributed by atoms with Gasteiger partial charge in [0, 0.05) is 19.6 Å². The monoisotopic (exact) mass is 210 g/mol. The van der Waals surface area contributed by atoms with Gasteiger partial charge in [-0.15, -0.1) is 0 Å². The van der Waals surface area contributed by atoms with Crippen molar-refractivity contribution in [2.24, 2.45) is 5.41 Å². The number of hydrogen-bond donors (Lipinski definition) is 0. The number of hydrogen-bond acceptors (Lipinski definition) is 2. The summed E-state index contributed by atoms with van der Waals surface area (Å²) in [6.07, 6.45) is 5.64. The van der Waals surface area contributed by atoms with Gasteiger partial charge in [-0.3, -0.25) is 4.79 Å². The summed E-state index contributed by atoms with van der Waals surface area (Å²) in [4.78, 5) is 11.5. The zero-order valence-electron chi connectivity index (χ0n) is 10.1. The largest absolute Gasteiger partial charge is 0.382 e. The highest BCUT2D eigenvalue weighted by atomic mass is 16.5. The molecule has 1 aliphatic rings. The van der Waals surface area contributed by atoms with Crippen LogP contribution in [0.15, 0.2) is 11.6 Å². The summed E-state index contributed by atoms with van der Waals surface area (Å²) in [5, 5.41) is 0. The number of carbonyl (C=O) groups excluding carboxylic acids is 1. The van der Waals surface area contributed by atoms with E-state index in [1.807, 2.05) is 13.0 Å². The van der Waals surface area contributed by atoms with Gasteiger partial charge in [-0.1, -0.05) is 19.4 Å². The Labute approximate surface area is 92.7 Å². The maximum Gasteiger partial charge on any atom is 0.156 e. The van der Waals surface area contributed by atoms with E-state index in [4.69, 9.17) is 4.74 Å². The van der Waals surface area contributed by atoms with Gasteiger partial charge in [-0.2, -0.15) is 0 Å². The molecule has 0 bridgehead atoms. The fraction of sp³-hybridized carbons (Fsp3) is 0.769. The molecule has 0 radical (unpaired) electrons. The highest BCUT2D eigenvalue weighted by Gasteiger charge is 2.26. The van der Waals surface area contributed by atoms with Gasteiger partial charge in [-0.05, 0) is 37.7 Å². The lowest BCUT2D eigenvalue weighted by Gasteiger charge is -2.28. The second-order valence-corrected chi connectivity index (χ2v) is 5.09. The van der Waals surface area contributed by atoms with Gasteiger partial charge in [0.1, 0.15) is 0 Å². The molecule has 0 aromatic rings. The summed E-state index contributed by atoms with van der Waals surface area (Å²) in [5.74, 6) is 0.289. The van der Waals surface area contributed by atoms with Crippen molar-refractivity contribution in [1.29, 1.82) is 0 Å². The molecule has 2 nitrogen and oxygen atoms in total. The zero-order valence-corrected chi connectivity index (χ0v) is 10.1. The quantitative estimate of drug-likeness (QED) is 0.652. The van der Waals surface area contributed by atoms with Gasteiger partial charge < -0.3 is 4.74 Å². The maximum atomic E-state index is 11.5. The first-order valence-electron chi connectivity index (χ1n) is 5.83. The van der Waals surface area contributed by atoms with Crippen LogP contribution in [0.1, 0.15) is 46.5 Å². The minimum absolute atomic E-state index is 0.160. The topological polar surface area (TPSA) is 26.3 Å². The lowest BCUT2D eigenvalue weighted by atomic mass is 9.76. The number of carbonyl (C=O) groups is 1. The van der Waals surface area contributed by atoms with Crippen molar-refractivity contribution in [3.05, 3.63) is 11.6 Å². The number of ether oxygens (including phenoxy) is 1. The Morgan fingerprint density at radius 3 is 2.73 bits per heavy atom. The average Bonchev–Trinajstić information content (AvgIpc) is 2.09. The third kappa shape index (κ3) is 4.61. The minimum atomic E-state index is 0.160. The molecule has 0 aromatic heterocycles. The van der Waals surface area contributed by atoms with E-state index in [1.165, 1.54) is 5.57 Å². The molecule has 0 aliphatic heterocycles. The van der Waals surface area contributed by atoms with Gasteiger partial charge in [-0.25, -0.2) is 0 Å². The van der Waals surface area contributed by atoms with Crippen molar-refractivity contribution in [1.82, 2.24) is 0 Å². The van der Waals surface area contributed by atoms with Crippen LogP contribution < -0.4 is 0 Å². The van der Waals surface area contributed by atoms with Gasteiger partial charge in [0.05, 0.1) is 0 Å². The van der Waals surface area contributed by atoms with E-state index in [0.29, 0.717) is 6.42 Å². The summed E-state index contributed by atoms with van der Waals surface area (Å²) in [7, 11) is 0. The minimum Gasteiger partial charge on any atom is -0.382 e. The van der Waals surface area contributed by atoms with E-state index in [9.17, 15) is 4.79 Å². The number of ketones is 1. The normalized spacial score (nSPS) is 20.2. The van der Waals surface area contributed by atoms with Crippen molar-refractivity contribution >= 4 is 5.78 Å². The van der Waals surface area contributed by atoms with Crippen LogP contribution in [0.25, 0.3) is 0 Å². The Morgan fingerprint density at radius 2 is 2.13 bits per heavy atom. The predicted molar refractivity (Wildman–Crippen MR) is 61.8 cm³/mol. The molecule has 1 rings (SSSR count). The van der Waals surface area contributed by atoms with Crippen LogP contribution in [0.2, 0.25) is 0 Å². The summed E-state index contributed by atoms with van der Waals surface area (Å²) >= 11 is 0. The molecule has 0 saturated carbocycles. The van der Waals surface area contributed by atoms with Gasteiger partial charge in [0.2, 0.25) is 0 Å². The Bertz CT molecular complexity index is 251. The Hall–Kier alpha value is -0.630. The molecule has 0 saturated heterocycles. The summed E-state index contributed by atoms with van der Waals surface area (Å²) in [6, 6.07) is 0. The van der Waals surface area contributed by atoms with Crippen LogP contribution in [0.3, 0.4) is 0 Å². The van der Waals surface area contributed by atoms with E-state index in [-0.39, 0.29) is 11.2 Å². The molecule has 0 N–H and O–H groups in total. The fourth-order valence-corrected chi connectivity index (χ4v) is 2.18. The van der Waals surface area contributed by atoms with Crippen LogP contribution in [0.4, 0.5) is 0 Å². The van der Waals surface area contributed by atoms with E-state index < -0.39 is 0 Å². The molecule has 15 heavy (non-hydrogen) atoms. The summed E-state index contributed by atoms with van der Waals surface area (Å²) in [5.41, 5.74) is 1.46. The molecule has 0 fully saturated rings. The first-order valence-corrected chi connectivity index (χ1v) is 5.83. The molecule has 0 spiro atoms. The van der Waals surface area contributed by atoms with Crippen molar-refractivity contribution in [3.63, 3.8) is 0 Å². The van der Waals surface area contributed by atoms with Gasteiger partial charge in [0.25, 0.3) is 0 Å². The SMILES string of the molecule is CCOCCCC1=CC(=O)CC(C)(C)C1. The van der Waals surface area contributed by atoms with E-state index >= 15 is 0 Å². The second kappa shape index (κ2) is 5.45. The van der Waals surface area contributed by atoms with Gasteiger partial charge in [0.15, 0.2) is 5.78 Å². The summed E-state index contributed by atoms with van der Waals surface area (Å²) in [6.45, 7) is 7.93. The molecule has 86 valence electrons. The van der Waals surface area contributed by atoms with Crippen molar-refractivity contribution in [2.45, 2.75) is 46.5 Å². The Morgan fingerprint density at radius 1 is 1.40 bits per heavy atom. The number of rotatable bonds is 5. The Kier molecular flexibility index (Phi) is 4.52. The molecule has 0 heterocycles. The smallest absolute Gasteiger partial charge is 0.156 e. The van der Waals surface area contributed by atoms with Crippen molar-refractivity contribution in [3.8, 4) is 0 Å². The predicted octanol–water partition coefficient (Wildman–Crippen LogP) is 3.12. The van der Waals surface area contributed by atoms with Crippen LogP contribution in [-0.2, 0) is 9.53 Å². The van der Waals surface area contributed by atoms with Crippen LogP contribution in [0.5, 0.6) is 0 Å². The van der Waals surface area contributed by atoms with Crippen LogP contribution in [-0.4, -0.2) is 19.0 Å². The van der Waals surface area contributed by atoms with E-state index in [1.54, 1.807) is 0 Å². The molecule has 0 atom stereocenters. The average molecular weight is 210 g/mol. The molecular weight excluding hydrogens is 188 g/mol.